The summed E-state index contributed by atoms with van der Waals surface area (Å²) >= 11 is 0. The number of hydrogen-bond acceptors (Lipinski definition) is 3. The lowest BCUT2D eigenvalue weighted by Gasteiger charge is -2.06. The summed E-state index contributed by atoms with van der Waals surface area (Å²) in [6.07, 6.45) is -5.71. The molecule has 156 valence electrons. The zero-order valence-electron chi connectivity index (χ0n) is 15.2. The first-order valence-electron chi connectivity index (χ1n) is 8.53. The molecule has 0 aliphatic carbocycles. The van der Waals surface area contributed by atoms with Gasteiger partial charge in [-0.25, -0.2) is 0 Å². The minimum absolute atomic E-state index is 0.201. The van der Waals surface area contributed by atoms with Crippen molar-refractivity contribution in [2.75, 3.05) is 13.2 Å². The summed E-state index contributed by atoms with van der Waals surface area (Å²) in [5, 5.41) is 0. The summed E-state index contributed by atoms with van der Waals surface area (Å²) in [4.78, 5) is 8.12. The lowest BCUT2D eigenvalue weighted by Crippen LogP contribution is -2.04. The lowest BCUT2D eigenvalue weighted by molar-refractivity contribution is -0.138. The molecule has 29 heavy (non-hydrogen) atoms. The Bertz CT molecular complexity index is 739. The number of alkyl halides is 6. The Morgan fingerprint density at radius 2 is 0.966 bits per heavy atom. The van der Waals surface area contributed by atoms with Crippen LogP contribution in [-0.2, 0) is 30.2 Å². The van der Waals surface area contributed by atoms with Crippen LogP contribution < -0.4 is 0 Å². The molecule has 0 atom stereocenters. The fourth-order valence-electron chi connectivity index (χ4n) is 2.22. The number of benzene rings is 2. The highest BCUT2D eigenvalue weighted by atomic mass is 19.4. The van der Waals surface area contributed by atoms with Crippen molar-refractivity contribution in [3.8, 4) is 0 Å². The normalized spacial score (nSPS) is 12.9. The molecule has 0 bridgehead atoms. The van der Waals surface area contributed by atoms with Gasteiger partial charge in [-0.05, 0) is 35.4 Å². The van der Waals surface area contributed by atoms with Gasteiger partial charge in [0.05, 0.1) is 37.4 Å². The van der Waals surface area contributed by atoms with Crippen molar-refractivity contribution < 1.29 is 31.1 Å². The van der Waals surface area contributed by atoms with E-state index >= 15 is 0 Å². The van der Waals surface area contributed by atoms with Crippen LogP contribution in [0.3, 0.4) is 0 Å². The monoisotopic (exact) mass is 416 g/mol. The molecule has 2 aromatic rings. The average molecular weight is 416 g/mol. The second kappa shape index (κ2) is 10.2. The van der Waals surface area contributed by atoms with Gasteiger partial charge in [-0.15, -0.1) is 0 Å². The molecular weight excluding hydrogens is 398 g/mol. The molecule has 0 N–H and O–H groups in total. The molecule has 0 aliphatic heterocycles. The predicted octanol–water partition coefficient (Wildman–Crippen LogP) is 5.58. The van der Waals surface area contributed by atoms with E-state index in [-0.39, 0.29) is 26.3 Å². The fourth-order valence-corrected chi connectivity index (χ4v) is 2.22. The van der Waals surface area contributed by atoms with Crippen molar-refractivity contribution in [2.45, 2.75) is 25.4 Å². The van der Waals surface area contributed by atoms with Gasteiger partial charge in [-0.1, -0.05) is 24.3 Å². The van der Waals surface area contributed by atoms with Crippen molar-refractivity contribution in [1.82, 2.24) is 0 Å². The van der Waals surface area contributed by atoms with E-state index in [1.807, 2.05) is 0 Å². The van der Waals surface area contributed by atoms with E-state index in [9.17, 15) is 26.3 Å². The Labute approximate surface area is 163 Å². The number of nitrogens with zero attached hydrogens (tertiary/aromatic N) is 2. The van der Waals surface area contributed by atoms with Gasteiger partial charge in [0, 0.05) is 12.4 Å². The van der Waals surface area contributed by atoms with Crippen LogP contribution in [0.15, 0.2) is 58.5 Å². The molecule has 0 aromatic heterocycles. The van der Waals surface area contributed by atoms with Gasteiger partial charge < -0.3 is 4.74 Å². The van der Waals surface area contributed by atoms with Crippen LogP contribution in [0.2, 0.25) is 0 Å². The standard InChI is InChI=1S/C20H18F6N2O/c21-19(22,23)17-5-1-15(2-6-17)13-27-9-11-29-12-10-28-14-16-3-7-18(8-4-16)20(24,25)26/h1-10H,11-14H2. The van der Waals surface area contributed by atoms with E-state index in [0.717, 1.165) is 24.3 Å². The van der Waals surface area contributed by atoms with Crippen LogP contribution in [-0.4, -0.2) is 25.6 Å². The molecule has 2 rings (SSSR count). The number of hydrogen-bond donors (Lipinski definition) is 0. The smallest absolute Gasteiger partial charge is 0.370 e. The van der Waals surface area contributed by atoms with E-state index in [0.29, 0.717) is 11.1 Å². The summed E-state index contributed by atoms with van der Waals surface area (Å²) in [7, 11) is 0. The van der Waals surface area contributed by atoms with Crippen LogP contribution in [0, 0.1) is 0 Å². The Morgan fingerprint density at radius 3 is 1.28 bits per heavy atom. The third kappa shape index (κ3) is 8.06. The largest absolute Gasteiger partial charge is 0.416 e. The molecule has 3 nitrogen and oxygen atoms in total. The second-order valence-electron chi connectivity index (χ2n) is 5.97. The van der Waals surface area contributed by atoms with Gasteiger partial charge in [-0.3, -0.25) is 9.98 Å². The van der Waals surface area contributed by atoms with Crippen LogP contribution in [0.4, 0.5) is 26.3 Å². The first-order valence-corrected chi connectivity index (χ1v) is 8.53. The van der Waals surface area contributed by atoms with Crippen LogP contribution in [0.1, 0.15) is 22.3 Å². The van der Waals surface area contributed by atoms with Crippen molar-refractivity contribution >= 4 is 12.4 Å². The molecule has 0 fully saturated rings. The van der Waals surface area contributed by atoms with Crippen molar-refractivity contribution in [3.63, 3.8) is 0 Å². The third-order valence-corrected chi connectivity index (χ3v) is 3.75. The van der Waals surface area contributed by atoms with Crippen molar-refractivity contribution in [1.29, 1.82) is 0 Å². The molecule has 0 saturated heterocycles. The van der Waals surface area contributed by atoms with Crippen molar-refractivity contribution in [3.05, 3.63) is 70.8 Å². The zero-order valence-corrected chi connectivity index (χ0v) is 15.2. The molecule has 9 heteroatoms. The van der Waals surface area contributed by atoms with E-state index < -0.39 is 23.5 Å². The lowest BCUT2D eigenvalue weighted by atomic mass is 10.1. The molecule has 2 aromatic carbocycles. The molecular formula is C20H18F6N2O. The van der Waals surface area contributed by atoms with E-state index in [1.165, 1.54) is 36.7 Å². The summed E-state index contributed by atoms with van der Waals surface area (Å²) in [6.45, 7) is 0.882. The van der Waals surface area contributed by atoms with Gasteiger partial charge in [0.25, 0.3) is 0 Å². The first kappa shape index (κ1) is 22.6. The zero-order chi connectivity index (χ0) is 21.3. The second-order valence-corrected chi connectivity index (χ2v) is 5.97. The Balaban J connectivity index is 1.63. The van der Waals surface area contributed by atoms with Crippen LogP contribution in [0.25, 0.3) is 0 Å². The minimum atomic E-state index is -4.36. The third-order valence-electron chi connectivity index (χ3n) is 3.75. The van der Waals surface area contributed by atoms with Gasteiger partial charge in [0.2, 0.25) is 0 Å². The average Bonchev–Trinajstić information content (AvgIpc) is 2.66. The summed E-state index contributed by atoms with van der Waals surface area (Å²) in [5.41, 5.74) is -0.118. The molecule has 0 unspecified atom stereocenters. The van der Waals surface area contributed by atoms with E-state index in [1.54, 1.807) is 0 Å². The highest BCUT2D eigenvalue weighted by Gasteiger charge is 2.30. The molecule has 0 heterocycles. The van der Waals surface area contributed by atoms with Gasteiger partial charge >= 0.3 is 12.4 Å². The molecule has 0 saturated carbocycles. The fraction of sp³-hybridized carbons (Fsp3) is 0.300. The van der Waals surface area contributed by atoms with Crippen LogP contribution in [0.5, 0.6) is 0 Å². The number of halogens is 6. The SMILES string of the molecule is FC(F)(F)c1ccc(CN=CCOCC=NCc2ccc(C(F)(F)F)cc2)cc1. The van der Waals surface area contributed by atoms with Gasteiger partial charge in [0.1, 0.15) is 0 Å². The van der Waals surface area contributed by atoms with E-state index in [4.69, 9.17) is 4.74 Å². The minimum Gasteiger partial charge on any atom is -0.370 e. The maximum absolute atomic E-state index is 12.5. The maximum atomic E-state index is 12.5. The topological polar surface area (TPSA) is 34.0 Å². The molecule has 0 radical (unpaired) electrons. The molecule has 0 aliphatic rings. The van der Waals surface area contributed by atoms with Crippen molar-refractivity contribution in [2.24, 2.45) is 9.98 Å². The number of rotatable bonds is 8. The van der Waals surface area contributed by atoms with E-state index in [2.05, 4.69) is 9.98 Å². The Hall–Kier alpha value is -2.68. The summed E-state index contributed by atoms with van der Waals surface area (Å²) in [6, 6.07) is 9.51. The number of aliphatic imine (C=N–C) groups is 2. The summed E-state index contributed by atoms with van der Waals surface area (Å²) < 4.78 is 80.0. The maximum Gasteiger partial charge on any atom is 0.416 e. The number of ether oxygens (including phenoxy) is 1. The van der Waals surface area contributed by atoms with Gasteiger partial charge in [0.15, 0.2) is 0 Å². The highest BCUT2D eigenvalue weighted by Crippen LogP contribution is 2.29. The van der Waals surface area contributed by atoms with Gasteiger partial charge in [-0.2, -0.15) is 26.3 Å². The quantitative estimate of drug-likeness (QED) is 0.314. The summed E-state index contributed by atoms with van der Waals surface area (Å²) in [5.74, 6) is 0. The predicted molar refractivity (Wildman–Crippen MR) is 98.1 cm³/mol. The highest BCUT2D eigenvalue weighted by molar-refractivity contribution is 5.61. The molecule has 0 spiro atoms. The molecule has 0 amide bonds. The first-order chi connectivity index (χ1) is 13.7. The van der Waals surface area contributed by atoms with Crippen LogP contribution >= 0.6 is 0 Å². The Kier molecular flexibility index (Phi) is 7.95. The Morgan fingerprint density at radius 1 is 0.621 bits per heavy atom.